The normalized spacial score (nSPS) is 15.2. The molecule has 6 nitrogen and oxygen atoms in total. The van der Waals surface area contributed by atoms with Crippen LogP contribution in [0.15, 0.2) is 33.5 Å². The number of aromatic hydroxyl groups is 1. The maximum absolute atomic E-state index is 12.8. The summed E-state index contributed by atoms with van der Waals surface area (Å²) >= 11 is 0. The van der Waals surface area contributed by atoms with E-state index in [0.717, 1.165) is 43.2 Å². The number of hydrogen-bond donors (Lipinski definition) is 3. The van der Waals surface area contributed by atoms with Gasteiger partial charge >= 0.3 is 11.7 Å². The Morgan fingerprint density at radius 1 is 1.21 bits per heavy atom. The van der Waals surface area contributed by atoms with Crippen LogP contribution in [0.4, 0.5) is 10.5 Å². The zero-order valence-electron chi connectivity index (χ0n) is 16.2. The van der Waals surface area contributed by atoms with Gasteiger partial charge in [0.05, 0.1) is 5.56 Å². The summed E-state index contributed by atoms with van der Waals surface area (Å²) in [5.74, 6) is 0.318. The largest absolute Gasteiger partial charge is 0.507 e. The van der Waals surface area contributed by atoms with E-state index in [0.29, 0.717) is 30.7 Å². The minimum atomic E-state index is -1.15. The lowest BCUT2D eigenvalue weighted by Crippen LogP contribution is -2.18. The van der Waals surface area contributed by atoms with E-state index in [1.165, 1.54) is 0 Å². The fraction of sp³-hybridized carbons (Fsp3) is 0.455. The third kappa shape index (κ3) is 4.38. The van der Waals surface area contributed by atoms with Gasteiger partial charge in [-0.05, 0) is 43.4 Å². The van der Waals surface area contributed by atoms with Gasteiger partial charge in [-0.15, -0.1) is 0 Å². The molecule has 1 aliphatic rings. The summed E-state index contributed by atoms with van der Waals surface area (Å²) in [5, 5.41) is 22.3. The Bertz CT molecular complexity index is 902. The molecule has 1 heterocycles. The lowest BCUT2D eigenvalue weighted by atomic mass is 9.85. The lowest BCUT2D eigenvalue weighted by Gasteiger charge is -2.21. The number of aryl methyl sites for hydroxylation is 1. The van der Waals surface area contributed by atoms with Gasteiger partial charge in [0.2, 0.25) is 0 Å². The number of fused-ring (bicyclic) bond motifs is 1. The quantitative estimate of drug-likeness (QED) is 0.670. The predicted molar refractivity (Wildman–Crippen MR) is 107 cm³/mol. The zero-order valence-corrected chi connectivity index (χ0v) is 16.2. The second-order valence-corrected chi connectivity index (χ2v) is 7.36. The molecule has 0 aliphatic heterocycles. The number of nitrogens with one attached hydrogen (secondary N) is 1. The molecule has 2 aromatic rings. The highest BCUT2D eigenvalue weighted by molar-refractivity contribution is 5.82. The van der Waals surface area contributed by atoms with E-state index in [1.807, 2.05) is 13.0 Å². The highest BCUT2D eigenvalue weighted by Gasteiger charge is 2.27. The van der Waals surface area contributed by atoms with Gasteiger partial charge < -0.3 is 14.6 Å². The maximum atomic E-state index is 12.8. The first-order chi connectivity index (χ1) is 13.5. The van der Waals surface area contributed by atoms with Crippen molar-refractivity contribution in [3.8, 4) is 5.75 Å². The van der Waals surface area contributed by atoms with Gasteiger partial charge in [0.1, 0.15) is 11.5 Å². The molecule has 0 spiro atoms. The van der Waals surface area contributed by atoms with Crippen LogP contribution in [0, 0.1) is 0 Å². The van der Waals surface area contributed by atoms with Gasteiger partial charge in [-0.3, -0.25) is 5.32 Å². The first-order valence-electron chi connectivity index (χ1n) is 9.98. The van der Waals surface area contributed by atoms with Crippen molar-refractivity contribution in [2.24, 2.45) is 0 Å². The molecular weight excluding hydrogens is 358 g/mol. The minimum absolute atomic E-state index is 0.0585. The second-order valence-electron chi connectivity index (χ2n) is 7.36. The van der Waals surface area contributed by atoms with Crippen LogP contribution in [-0.2, 0) is 12.8 Å². The Morgan fingerprint density at radius 2 is 1.96 bits per heavy atom. The number of carbonyl (C=O) groups is 1. The second kappa shape index (κ2) is 8.95. The number of benzene rings is 1. The molecule has 0 saturated heterocycles. The van der Waals surface area contributed by atoms with Crippen molar-refractivity contribution >= 4 is 11.8 Å². The molecule has 1 amide bonds. The van der Waals surface area contributed by atoms with Gasteiger partial charge in [-0.1, -0.05) is 38.3 Å². The molecule has 0 saturated carbocycles. The van der Waals surface area contributed by atoms with Crippen molar-refractivity contribution in [1.82, 2.24) is 0 Å². The van der Waals surface area contributed by atoms with Crippen LogP contribution in [-0.4, -0.2) is 16.3 Å². The average molecular weight is 385 g/mol. The molecule has 0 radical (unpaired) electrons. The van der Waals surface area contributed by atoms with Gasteiger partial charge in [-0.2, -0.15) is 0 Å². The molecule has 150 valence electrons. The van der Waals surface area contributed by atoms with Crippen LogP contribution in [0.25, 0.3) is 0 Å². The molecule has 1 aromatic heterocycles. The van der Waals surface area contributed by atoms with E-state index in [4.69, 9.17) is 9.52 Å². The van der Waals surface area contributed by atoms with Crippen molar-refractivity contribution in [2.75, 3.05) is 5.32 Å². The molecule has 1 aliphatic carbocycles. The summed E-state index contributed by atoms with van der Waals surface area (Å²) in [6.07, 6.45) is 5.81. The highest BCUT2D eigenvalue weighted by atomic mass is 16.4. The summed E-state index contributed by atoms with van der Waals surface area (Å²) in [6.45, 7) is 2.01. The van der Waals surface area contributed by atoms with Crippen molar-refractivity contribution in [2.45, 2.75) is 64.2 Å². The Kier molecular flexibility index (Phi) is 6.39. The van der Waals surface area contributed by atoms with Crippen molar-refractivity contribution in [3.05, 3.63) is 57.1 Å². The Balaban J connectivity index is 2.08. The summed E-state index contributed by atoms with van der Waals surface area (Å²) in [7, 11) is 0. The average Bonchev–Trinajstić information content (AvgIpc) is 2.62. The molecule has 1 unspecified atom stereocenters. The van der Waals surface area contributed by atoms with Gasteiger partial charge in [-0.25, -0.2) is 9.59 Å². The summed E-state index contributed by atoms with van der Waals surface area (Å²) < 4.78 is 5.67. The Labute approximate surface area is 164 Å². The number of carboxylic acid groups (broad SMARTS) is 1. The number of hydrogen-bond acceptors (Lipinski definition) is 4. The number of rotatable bonds is 5. The van der Waals surface area contributed by atoms with E-state index in [-0.39, 0.29) is 17.2 Å². The molecule has 6 heteroatoms. The van der Waals surface area contributed by atoms with Gasteiger partial charge in [0, 0.05) is 23.6 Å². The van der Waals surface area contributed by atoms with E-state index >= 15 is 0 Å². The monoisotopic (exact) mass is 385 g/mol. The molecule has 1 atom stereocenters. The van der Waals surface area contributed by atoms with Crippen LogP contribution < -0.4 is 10.9 Å². The third-order valence-electron chi connectivity index (χ3n) is 5.36. The minimum Gasteiger partial charge on any atom is -0.507 e. The van der Waals surface area contributed by atoms with Gasteiger partial charge in [0.25, 0.3) is 0 Å². The van der Waals surface area contributed by atoms with Crippen LogP contribution in [0.2, 0.25) is 0 Å². The molecule has 3 rings (SSSR count). The van der Waals surface area contributed by atoms with Crippen LogP contribution in [0.1, 0.15) is 73.8 Å². The van der Waals surface area contributed by atoms with E-state index in [2.05, 4.69) is 5.32 Å². The molecule has 0 fully saturated rings. The SMILES string of the molecule is CCCC(c1cccc(NC(=O)O)c1)c1c(O)c2c(oc1=O)CCCCCC2. The first-order valence-corrected chi connectivity index (χ1v) is 9.98. The number of amides is 1. The van der Waals surface area contributed by atoms with Crippen LogP contribution in [0.3, 0.4) is 0 Å². The highest BCUT2D eigenvalue weighted by Crippen LogP contribution is 2.38. The molecule has 3 N–H and O–H groups in total. The van der Waals surface area contributed by atoms with Crippen LogP contribution >= 0.6 is 0 Å². The predicted octanol–water partition coefficient (Wildman–Crippen LogP) is 5.03. The standard InChI is InChI=1S/C22H27NO5/c1-2-8-16(14-9-7-10-15(13-14)23-22(26)27)19-20(24)17-11-5-3-4-6-12-18(17)28-21(19)25/h7,9-10,13,16,23-24H,2-6,8,11-12H2,1H3,(H,26,27). The van der Waals surface area contributed by atoms with Crippen molar-refractivity contribution < 1.29 is 19.4 Å². The first kappa shape index (κ1) is 20.0. The Morgan fingerprint density at radius 3 is 2.68 bits per heavy atom. The lowest BCUT2D eigenvalue weighted by molar-refractivity contribution is 0.209. The fourth-order valence-electron chi connectivity index (χ4n) is 4.05. The summed E-state index contributed by atoms with van der Waals surface area (Å²) in [4.78, 5) is 23.8. The smallest absolute Gasteiger partial charge is 0.409 e. The van der Waals surface area contributed by atoms with Crippen molar-refractivity contribution in [3.63, 3.8) is 0 Å². The molecule has 1 aromatic carbocycles. The van der Waals surface area contributed by atoms with Crippen molar-refractivity contribution in [1.29, 1.82) is 0 Å². The summed E-state index contributed by atoms with van der Waals surface area (Å²) in [5.41, 5.74) is 1.76. The molecule has 28 heavy (non-hydrogen) atoms. The zero-order chi connectivity index (χ0) is 20.1. The van der Waals surface area contributed by atoms with Gasteiger partial charge in [0.15, 0.2) is 0 Å². The number of anilines is 1. The molecule has 0 bridgehead atoms. The molecular formula is C22H27NO5. The summed E-state index contributed by atoms with van der Waals surface area (Å²) in [6, 6.07) is 6.96. The van der Waals surface area contributed by atoms with E-state index in [1.54, 1.807) is 18.2 Å². The fourth-order valence-corrected chi connectivity index (χ4v) is 4.05. The van der Waals surface area contributed by atoms with E-state index in [9.17, 15) is 14.7 Å². The van der Waals surface area contributed by atoms with E-state index < -0.39 is 11.7 Å². The van der Waals surface area contributed by atoms with Crippen LogP contribution in [0.5, 0.6) is 5.75 Å². The topological polar surface area (TPSA) is 99.8 Å². The Hall–Kier alpha value is -2.76. The maximum Gasteiger partial charge on any atom is 0.409 e. The third-order valence-corrected chi connectivity index (χ3v) is 5.36.